The van der Waals surface area contributed by atoms with Crippen LogP contribution < -0.4 is 0 Å². The summed E-state index contributed by atoms with van der Waals surface area (Å²) in [6, 6.07) is 46.8. The highest BCUT2D eigenvalue weighted by Crippen LogP contribution is 2.47. The first-order valence-corrected chi connectivity index (χ1v) is 14.8. The molecule has 3 heterocycles. The normalized spacial score (nSPS) is 12.1. The third-order valence-corrected chi connectivity index (χ3v) is 9.03. The van der Waals surface area contributed by atoms with Crippen LogP contribution in [-0.4, -0.2) is 14.5 Å². The summed E-state index contributed by atoms with van der Waals surface area (Å²) in [4.78, 5) is 9.97. The van der Waals surface area contributed by atoms with Crippen LogP contribution in [0.1, 0.15) is 0 Å². The summed E-state index contributed by atoms with van der Waals surface area (Å²) in [5.41, 5.74) is 9.26. The van der Waals surface area contributed by atoms with E-state index in [2.05, 4.69) is 120 Å². The molecule has 7 aromatic carbocycles. The SMILES string of the molecule is c1ccc(-c2ncc3c(n2)c2ccccc2n3-c2ccccc2-c2ccc3oc4cccc5c6ccccc6c2c3c45)cc1. The lowest BCUT2D eigenvalue weighted by Gasteiger charge is -2.17. The number of hydrogen-bond donors (Lipinski definition) is 0. The van der Waals surface area contributed by atoms with Crippen molar-refractivity contribution in [3.63, 3.8) is 0 Å². The van der Waals surface area contributed by atoms with Crippen LogP contribution in [0.2, 0.25) is 0 Å². The average Bonchev–Trinajstić information content (AvgIpc) is 3.64. The summed E-state index contributed by atoms with van der Waals surface area (Å²) < 4.78 is 8.74. The number of benzene rings is 7. The molecule has 0 saturated heterocycles. The molecule has 0 unspecified atom stereocenters. The van der Waals surface area contributed by atoms with Crippen LogP contribution >= 0.6 is 0 Å². The first-order chi connectivity index (χ1) is 21.8. The Morgan fingerprint density at radius 1 is 0.477 bits per heavy atom. The van der Waals surface area contributed by atoms with Gasteiger partial charge in [0.2, 0.25) is 0 Å². The minimum atomic E-state index is 0.725. The number of furan rings is 1. The fourth-order valence-electron chi connectivity index (χ4n) is 7.19. The molecule has 0 N–H and O–H groups in total. The molecule has 10 rings (SSSR count). The van der Waals surface area contributed by atoms with Crippen molar-refractivity contribution in [3.05, 3.63) is 140 Å². The topological polar surface area (TPSA) is 43.9 Å². The molecule has 44 heavy (non-hydrogen) atoms. The van der Waals surface area contributed by atoms with Crippen molar-refractivity contribution in [2.75, 3.05) is 0 Å². The summed E-state index contributed by atoms with van der Waals surface area (Å²) in [6.45, 7) is 0. The van der Waals surface area contributed by atoms with Gasteiger partial charge in [0.05, 0.1) is 22.9 Å². The molecule has 0 atom stereocenters. The van der Waals surface area contributed by atoms with Crippen molar-refractivity contribution in [3.8, 4) is 28.2 Å². The monoisotopic (exact) mass is 561 g/mol. The molecule has 0 aliphatic carbocycles. The molecule has 0 spiro atoms. The summed E-state index contributed by atoms with van der Waals surface area (Å²) in [5.74, 6) is 0.725. The van der Waals surface area contributed by atoms with Crippen molar-refractivity contribution in [2.45, 2.75) is 0 Å². The summed E-state index contributed by atoms with van der Waals surface area (Å²) in [7, 11) is 0. The summed E-state index contributed by atoms with van der Waals surface area (Å²) >= 11 is 0. The Labute approximate surface area is 251 Å². The molecule has 10 aromatic rings. The molecule has 4 nitrogen and oxygen atoms in total. The lowest BCUT2D eigenvalue weighted by molar-refractivity contribution is 0.669. The lowest BCUT2D eigenvalue weighted by atomic mass is 9.89. The van der Waals surface area contributed by atoms with Crippen molar-refractivity contribution < 1.29 is 4.42 Å². The van der Waals surface area contributed by atoms with E-state index in [0.29, 0.717) is 0 Å². The third kappa shape index (κ3) is 3.11. The molecule has 4 heteroatoms. The van der Waals surface area contributed by atoms with Gasteiger partial charge in [-0.15, -0.1) is 0 Å². The molecule has 0 saturated carbocycles. The van der Waals surface area contributed by atoms with Crippen molar-refractivity contribution in [2.24, 2.45) is 0 Å². The Bertz CT molecular complexity index is 2720. The van der Waals surface area contributed by atoms with Crippen LogP contribution in [-0.2, 0) is 0 Å². The molecule has 0 aliphatic rings. The van der Waals surface area contributed by atoms with Gasteiger partial charge in [0.1, 0.15) is 16.7 Å². The minimum Gasteiger partial charge on any atom is -0.456 e. The highest BCUT2D eigenvalue weighted by atomic mass is 16.3. The molecule has 0 fully saturated rings. The van der Waals surface area contributed by atoms with Gasteiger partial charge in [-0.25, -0.2) is 9.97 Å². The van der Waals surface area contributed by atoms with E-state index in [1.54, 1.807) is 0 Å². The molecule has 3 aromatic heterocycles. The molecule has 204 valence electrons. The van der Waals surface area contributed by atoms with Gasteiger partial charge in [-0.3, -0.25) is 0 Å². The first kappa shape index (κ1) is 23.6. The predicted octanol–water partition coefficient (Wildman–Crippen LogP) is 10.6. The Morgan fingerprint density at radius 2 is 1.18 bits per heavy atom. The van der Waals surface area contributed by atoms with Gasteiger partial charge in [0.25, 0.3) is 0 Å². The van der Waals surface area contributed by atoms with Crippen LogP contribution in [0, 0.1) is 0 Å². The van der Waals surface area contributed by atoms with Gasteiger partial charge in [0, 0.05) is 32.7 Å². The Hall–Kier alpha value is -6.00. The van der Waals surface area contributed by atoms with E-state index < -0.39 is 0 Å². The standard InChI is InChI=1S/C40H23N3O/c1-2-11-24(12-3-1)40-41-23-33-39(42-40)30-16-7-9-19-32(30)43(33)31-18-8-6-14-26(31)29-21-22-35-38-36(29)27-15-5-4-13-25(27)28-17-10-20-34(44-35)37(28)38/h1-23H. The molecule has 0 aliphatic heterocycles. The van der Waals surface area contributed by atoms with Crippen LogP contribution in [0.15, 0.2) is 144 Å². The average molecular weight is 562 g/mol. The number of hydrogen-bond acceptors (Lipinski definition) is 3. The fraction of sp³-hybridized carbons (Fsp3) is 0. The lowest BCUT2D eigenvalue weighted by Crippen LogP contribution is -1.99. The Balaban J connectivity index is 1.32. The largest absolute Gasteiger partial charge is 0.456 e. The highest BCUT2D eigenvalue weighted by Gasteiger charge is 2.22. The van der Waals surface area contributed by atoms with E-state index >= 15 is 0 Å². The maximum Gasteiger partial charge on any atom is 0.159 e. The minimum absolute atomic E-state index is 0.725. The second-order valence-electron chi connectivity index (χ2n) is 11.4. The second-order valence-corrected chi connectivity index (χ2v) is 11.4. The zero-order chi connectivity index (χ0) is 28.8. The first-order valence-electron chi connectivity index (χ1n) is 14.8. The second kappa shape index (κ2) is 8.76. The van der Waals surface area contributed by atoms with Gasteiger partial charge in [-0.2, -0.15) is 0 Å². The maximum atomic E-state index is 6.42. The van der Waals surface area contributed by atoms with Gasteiger partial charge in [0.15, 0.2) is 5.82 Å². The zero-order valence-electron chi connectivity index (χ0n) is 23.5. The molecule has 0 radical (unpaired) electrons. The summed E-state index contributed by atoms with van der Waals surface area (Å²) in [6.07, 6.45) is 1.97. The molecule has 0 bridgehead atoms. The van der Waals surface area contributed by atoms with Crippen molar-refractivity contribution in [1.29, 1.82) is 0 Å². The van der Waals surface area contributed by atoms with E-state index in [-0.39, 0.29) is 0 Å². The van der Waals surface area contributed by atoms with E-state index in [9.17, 15) is 0 Å². The van der Waals surface area contributed by atoms with Gasteiger partial charge < -0.3 is 8.98 Å². The Morgan fingerprint density at radius 3 is 2.09 bits per heavy atom. The number of rotatable bonds is 3. The van der Waals surface area contributed by atoms with Crippen LogP contribution in [0.3, 0.4) is 0 Å². The maximum absolute atomic E-state index is 6.42. The van der Waals surface area contributed by atoms with E-state index in [1.807, 2.05) is 24.4 Å². The highest BCUT2D eigenvalue weighted by molar-refractivity contribution is 6.35. The van der Waals surface area contributed by atoms with Gasteiger partial charge in [-0.05, 0) is 52.1 Å². The van der Waals surface area contributed by atoms with Gasteiger partial charge in [-0.1, -0.05) is 103 Å². The molecule has 0 amide bonds. The number of fused-ring (bicyclic) bond motifs is 6. The summed E-state index contributed by atoms with van der Waals surface area (Å²) in [5, 5.41) is 8.37. The quantitative estimate of drug-likeness (QED) is 0.202. The zero-order valence-corrected chi connectivity index (χ0v) is 23.5. The van der Waals surface area contributed by atoms with E-state index in [4.69, 9.17) is 14.4 Å². The fourth-order valence-corrected chi connectivity index (χ4v) is 7.19. The molecular weight excluding hydrogens is 538 g/mol. The van der Waals surface area contributed by atoms with E-state index in [1.165, 1.54) is 37.9 Å². The van der Waals surface area contributed by atoms with Crippen LogP contribution in [0.5, 0.6) is 0 Å². The number of para-hydroxylation sites is 2. The van der Waals surface area contributed by atoms with Crippen LogP contribution in [0.4, 0.5) is 0 Å². The Kier molecular flexibility index (Phi) is 4.69. The third-order valence-electron chi connectivity index (χ3n) is 9.03. The number of aromatic nitrogens is 3. The molecular formula is C40H23N3O. The van der Waals surface area contributed by atoms with Crippen molar-refractivity contribution >= 4 is 65.4 Å². The predicted molar refractivity (Wildman–Crippen MR) is 181 cm³/mol. The number of nitrogens with zero attached hydrogens (tertiary/aromatic N) is 3. The van der Waals surface area contributed by atoms with Gasteiger partial charge >= 0.3 is 0 Å². The van der Waals surface area contributed by atoms with E-state index in [0.717, 1.165) is 55.7 Å². The van der Waals surface area contributed by atoms with Crippen LogP contribution in [0.25, 0.3) is 93.6 Å². The smallest absolute Gasteiger partial charge is 0.159 e. The van der Waals surface area contributed by atoms with Crippen molar-refractivity contribution in [1.82, 2.24) is 14.5 Å².